The lowest BCUT2D eigenvalue weighted by Crippen LogP contribution is -2.21. The van der Waals surface area contributed by atoms with E-state index in [1.54, 1.807) is 14.0 Å². The average molecular weight is 269 g/mol. The zero-order valence-electron chi connectivity index (χ0n) is 11.3. The predicted molar refractivity (Wildman–Crippen MR) is 72.4 cm³/mol. The van der Waals surface area contributed by atoms with Crippen LogP contribution in [-0.4, -0.2) is 39.7 Å². The summed E-state index contributed by atoms with van der Waals surface area (Å²) in [6.07, 6.45) is 0.914. The van der Waals surface area contributed by atoms with E-state index < -0.39 is 11.0 Å². The van der Waals surface area contributed by atoms with Gasteiger partial charge in [0.05, 0.1) is 11.0 Å². The van der Waals surface area contributed by atoms with Gasteiger partial charge in [0.25, 0.3) is 0 Å². The highest BCUT2D eigenvalue weighted by atomic mass is 16.6. The first-order chi connectivity index (χ1) is 8.99. The minimum atomic E-state index is -0.557. The number of nitrogens with zero attached hydrogens (tertiary/aromatic N) is 3. The molecule has 0 saturated carbocycles. The van der Waals surface area contributed by atoms with Gasteiger partial charge in [-0.05, 0) is 13.3 Å². The van der Waals surface area contributed by atoms with Crippen LogP contribution in [0.1, 0.15) is 25.5 Å². The van der Waals surface area contributed by atoms with Gasteiger partial charge in [-0.25, -0.2) is 4.98 Å². The van der Waals surface area contributed by atoms with Gasteiger partial charge in [-0.1, -0.05) is 13.3 Å². The van der Waals surface area contributed by atoms with Gasteiger partial charge in [-0.2, -0.15) is 4.98 Å². The van der Waals surface area contributed by atoms with Gasteiger partial charge in [0.1, 0.15) is 5.69 Å². The number of aliphatic hydroxyl groups excluding tert-OH is 1. The Morgan fingerprint density at radius 2 is 2.16 bits per heavy atom. The van der Waals surface area contributed by atoms with Gasteiger partial charge in [0.2, 0.25) is 11.8 Å². The lowest BCUT2D eigenvalue weighted by Gasteiger charge is -2.12. The summed E-state index contributed by atoms with van der Waals surface area (Å²) in [7, 11) is 1.64. The molecule has 1 heterocycles. The standard InChI is InChI=1S/C11H19N5O3/c1-4-5-8(17)6-13-10-9(16(18)19)7(2)14-11(12-3)15-10/h8,17H,4-6H2,1-3H3,(H2,12,13,14,15). The summed E-state index contributed by atoms with van der Waals surface area (Å²) in [5.74, 6) is 0.424. The molecule has 1 aromatic rings. The fraction of sp³-hybridized carbons (Fsp3) is 0.636. The molecular formula is C11H19N5O3. The van der Waals surface area contributed by atoms with Crippen molar-refractivity contribution in [2.75, 3.05) is 24.2 Å². The molecule has 1 unspecified atom stereocenters. The fourth-order valence-corrected chi connectivity index (χ4v) is 1.67. The third-order valence-electron chi connectivity index (χ3n) is 2.59. The molecular weight excluding hydrogens is 250 g/mol. The van der Waals surface area contributed by atoms with Crippen LogP contribution in [0.4, 0.5) is 17.5 Å². The van der Waals surface area contributed by atoms with E-state index in [-0.39, 0.29) is 23.7 Å². The van der Waals surface area contributed by atoms with Crippen molar-refractivity contribution in [3.8, 4) is 0 Å². The quantitative estimate of drug-likeness (QED) is 0.505. The van der Waals surface area contributed by atoms with Crippen molar-refractivity contribution < 1.29 is 10.0 Å². The van der Waals surface area contributed by atoms with Gasteiger partial charge >= 0.3 is 5.69 Å². The van der Waals surface area contributed by atoms with E-state index in [0.717, 1.165) is 6.42 Å². The molecule has 0 fully saturated rings. The van der Waals surface area contributed by atoms with E-state index in [4.69, 9.17) is 0 Å². The van der Waals surface area contributed by atoms with Crippen molar-refractivity contribution in [2.24, 2.45) is 0 Å². The predicted octanol–water partition coefficient (Wildman–Crippen LogP) is 1.31. The van der Waals surface area contributed by atoms with Crippen LogP contribution in [-0.2, 0) is 0 Å². The number of aromatic nitrogens is 2. The van der Waals surface area contributed by atoms with Crippen LogP contribution in [0.25, 0.3) is 0 Å². The summed E-state index contributed by atoms with van der Waals surface area (Å²) in [5, 5.41) is 26.2. The number of nitrogens with one attached hydrogen (secondary N) is 2. The summed E-state index contributed by atoms with van der Waals surface area (Å²) in [5.41, 5.74) is 0.111. The maximum Gasteiger partial charge on any atom is 0.332 e. The van der Waals surface area contributed by atoms with Crippen LogP contribution in [0.5, 0.6) is 0 Å². The smallest absolute Gasteiger partial charge is 0.332 e. The summed E-state index contributed by atoms with van der Waals surface area (Å²) >= 11 is 0. The van der Waals surface area contributed by atoms with E-state index in [2.05, 4.69) is 20.6 Å². The maximum atomic E-state index is 11.0. The van der Waals surface area contributed by atoms with E-state index >= 15 is 0 Å². The Bertz CT molecular complexity index is 452. The SMILES string of the molecule is CCCC(O)CNc1nc(NC)nc(C)c1[N+](=O)[O-]. The van der Waals surface area contributed by atoms with Crippen molar-refractivity contribution in [3.05, 3.63) is 15.8 Å². The third kappa shape index (κ3) is 4.02. The zero-order chi connectivity index (χ0) is 14.4. The van der Waals surface area contributed by atoms with Crippen molar-refractivity contribution in [1.29, 1.82) is 0 Å². The molecule has 0 bridgehead atoms. The molecule has 0 aromatic carbocycles. The minimum absolute atomic E-state index is 0.122. The van der Waals surface area contributed by atoms with Gasteiger partial charge in [0, 0.05) is 13.6 Å². The first-order valence-corrected chi connectivity index (χ1v) is 6.12. The Morgan fingerprint density at radius 3 is 2.68 bits per heavy atom. The molecule has 3 N–H and O–H groups in total. The van der Waals surface area contributed by atoms with Crippen LogP contribution >= 0.6 is 0 Å². The van der Waals surface area contributed by atoms with E-state index in [0.29, 0.717) is 12.4 Å². The van der Waals surface area contributed by atoms with Crippen molar-refractivity contribution >= 4 is 17.5 Å². The van der Waals surface area contributed by atoms with Crippen molar-refractivity contribution in [3.63, 3.8) is 0 Å². The fourth-order valence-electron chi connectivity index (χ4n) is 1.67. The Labute approximate surface area is 111 Å². The highest BCUT2D eigenvalue weighted by Gasteiger charge is 2.22. The average Bonchev–Trinajstić information content (AvgIpc) is 2.35. The number of nitro groups is 1. The van der Waals surface area contributed by atoms with Gasteiger partial charge in [-0.3, -0.25) is 10.1 Å². The molecule has 106 valence electrons. The molecule has 0 radical (unpaired) electrons. The molecule has 1 rings (SSSR count). The van der Waals surface area contributed by atoms with Crippen LogP contribution in [0.15, 0.2) is 0 Å². The number of aryl methyl sites for hydroxylation is 1. The first kappa shape index (κ1) is 15.1. The van der Waals surface area contributed by atoms with E-state index in [1.165, 1.54) is 0 Å². The highest BCUT2D eigenvalue weighted by molar-refractivity contribution is 5.60. The Morgan fingerprint density at radius 1 is 1.47 bits per heavy atom. The molecule has 0 aliphatic heterocycles. The highest BCUT2D eigenvalue weighted by Crippen LogP contribution is 2.26. The summed E-state index contributed by atoms with van der Waals surface area (Å²) in [6.45, 7) is 3.72. The Kier molecular flexibility index (Phi) is 5.43. The van der Waals surface area contributed by atoms with E-state index in [9.17, 15) is 15.2 Å². The number of hydrogen-bond acceptors (Lipinski definition) is 7. The van der Waals surface area contributed by atoms with Gasteiger partial charge < -0.3 is 15.7 Å². The molecule has 19 heavy (non-hydrogen) atoms. The molecule has 1 aromatic heterocycles. The largest absolute Gasteiger partial charge is 0.391 e. The molecule has 0 saturated heterocycles. The summed E-state index contributed by atoms with van der Waals surface area (Å²) in [4.78, 5) is 18.5. The van der Waals surface area contributed by atoms with Gasteiger partial charge in [0.15, 0.2) is 0 Å². The van der Waals surface area contributed by atoms with Crippen LogP contribution in [0.3, 0.4) is 0 Å². The monoisotopic (exact) mass is 269 g/mol. The van der Waals surface area contributed by atoms with E-state index in [1.807, 2.05) is 6.92 Å². The molecule has 8 nitrogen and oxygen atoms in total. The molecule has 0 aliphatic rings. The number of aliphatic hydroxyl groups is 1. The molecule has 0 aliphatic carbocycles. The second-order valence-corrected chi connectivity index (χ2v) is 4.16. The lowest BCUT2D eigenvalue weighted by atomic mass is 10.2. The molecule has 0 amide bonds. The van der Waals surface area contributed by atoms with Gasteiger partial charge in [-0.15, -0.1) is 0 Å². The van der Waals surface area contributed by atoms with Crippen molar-refractivity contribution in [2.45, 2.75) is 32.8 Å². The summed E-state index contributed by atoms with van der Waals surface area (Å²) in [6, 6.07) is 0. The number of anilines is 2. The first-order valence-electron chi connectivity index (χ1n) is 6.12. The van der Waals surface area contributed by atoms with Crippen molar-refractivity contribution in [1.82, 2.24) is 9.97 Å². The molecule has 8 heteroatoms. The van der Waals surface area contributed by atoms with Crippen LogP contribution < -0.4 is 10.6 Å². The third-order valence-corrected chi connectivity index (χ3v) is 2.59. The second-order valence-electron chi connectivity index (χ2n) is 4.16. The summed E-state index contributed by atoms with van der Waals surface area (Å²) < 4.78 is 0. The minimum Gasteiger partial charge on any atom is -0.391 e. The topological polar surface area (TPSA) is 113 Å². The Balaban J connectivity index is 2.96. The number of hydrogen-bond donors (Lipinski definition) is 3. The normalized spacial score (nSPS) is 12.0. The lowest BCUT2D eigenvalue weighted by molar-refractivity contribution is -0.385. The Hall–Kier alpha value is -1.96. The number of rotatable bonds is 7. The molecule has 0 spiro atoms. The molecule has 1 atom stereocenters. The zero-order valence-corrected chi connectivity index (χ0v) is 11.3. The second kappa shape index (κ2) is 6.83. The maximum absolute atomic E-state index is 11.0. The van der Waals surface area contributed by atoms with Crippen LogP contribution in [0.2, 0.25) is 0 Å². The van der Waals surface area contributed by atoms with Crippen LogP contribution in [0, 0.1) is 17.0 Å².